The molecular formula is C17H22FNO3. The molecule has 2 rings (SSSR count). The molecule has 5 heteroatoms. The van der Waals surface area contributed by atoms with Gasteiger partial charge in [0.25, 0.3) is 0 Å². The molecule has 4 nitrogen and oxygen atoms in total. The fourth-order valence-corrected chi connectivity index (χ4v) is 2.43. The van der Waals surface area contributed by atoms with E-state index < -0.39 is 12.0 Å². The summed E-state index contributed by atoms with van der Waals surface area (Å²) in [7, 11) is 0. The number of aryl methyl sites for hydroxylation is 1. The number of carboxylic acid groups (broad SMARTS) is 1. The topological polar surface area (TPSA) is 66.4 Å². The van der Waals surface area contributed by atoms with E-state index in [4.69, 9.17) is 5.11 Å². The summed E-state index contributed by atoms with van der Waals surface area (Å²) in [5, 5.41) is 11.8. The second-order valence-corrected chi connectivity index (χ2v) is 6.15. The second-order valence-electron chi connectivity index (χ2n) is 6.15. The van der Waals surface area contributed by atoms with Gasteiger partial charge in [0, 0.05) is 5.92 Å². The summed E-state index contributed by atoms with van der Waals surface area (Å²) < 4.78 is 13.1. The van der Waals surface area contributed by atoms with Gasteiger partial charge in [-0.05, 0) is 42.9 Å². The summed E-state index contributed by atoms with van der Waals surface area (Å²) in [5.74, 6) is -1.37. The van der Waals surface area contributed by atoms with Gasteiger partial charge in [0.2, 0.25) is 5.91 Å². The van der Waals surface area contributed by atoms with E-state index in [9.17, 15) is 14.0 Å². The maximum Gasteiger partial charge on any atom is 0.326 e. The number of hydrogen-bond acceptors (Lipinski definition) is 2. The first-order chi connectivity index (χ1) is 10.5. The molecule has 1 aromatic carbocycles. The molecule has 0 aliphatic heterocycles. The Kier molecular flexibility index (Phi) is 5.52. The van der Waals surface area contributed by atoms with Crippen molar-refractivity contribution in [3.05, 3.63) is 35.6 Å². The van der Waals surface area contributed by atoms with Crippen molar-refractivity contribution < 1.29 is 19.1 Å². The standard InChI is InChI=1S/C17H22FNO3/c1-11(5-6-12-3-2-4-14(18)9-12)16(20)19-15(17(21)22)10-13-7-8-13/h2-4,9,11,13,15H,5-8,10H2,1H3,(H,19,20)(H,21,22). The molecule has 0 saturated heterocycles. The first kappa shape index (κ1) is 16.5. The first-order valence-corrected chi connectivity index (χ1v) is 7.73. The normalized spacial score (nSPS) is 16.8. The number of carbonyl (C=O) groups is 2. The number of carboxylic acids is 1. The minimum Gasteiger partial charge on any atom is -0.480 e. The van der Waals surface area contributed by atoms with E-state index in [1.54, 1.807) is 13.0 Å². The number of amides is 1. The lowest BCUT2D eigenvalue weighted by molar-refractivity contribution is -0.142. The zero-order valence-corrected chi connectivity index (χ0v) is 12.7. The van der Waals surface area contributed by atoms with Crippen LogP contribution in [0.3, 0.4) is 0 Å². The quantitative estimate of drug-likeness (QED) is 0.776. The maximum absolute atomic E-state index is 13.1. The lowest BCUT2D eigenvalue weighted by atomic mass is 9.99. The molecule has 2 N–H and O–H groups in total. The van der Waals surface area contributed by atoms with Gasteiger partial charge in [-0.2, -0.15) is 0 Å². The molecule has 1 amide bonds. The van der Waals surface area contributed by atoms with Crippen LogP contribution in [-0.2, 0) is 16.0 Å². The Morgan fingerprint density at radius 3 is 2.73 bits per heavy atom. The van der Waals surface area contributed by atoms with Crippen LogP contribution >= 0.6 is 0 Å². The fourth-order valence-electron chi connectivity index (χ4n) is 2.43. The third-order valence-electron chi connectivity index (χ3n) is 4.08. The van der Waals surface area contributed by atoms with Gasteiger partial charge in [-0.1, -0.05) is 31.9 Å². The first-order valence-electron chi connectivity index (χ1n) is 7.73. The third kappa shape index (κ3) is 5.13. The van der Waals surface area contributed by atoms with Crippen LogP contribution < -0.4 is 5.32 Å². The van der Waals surface area contributed by atoms with Crippen LogP contribution in [0.2, 0.25) is 0 Å². The molecule has 22 heavy (non-hydrogen) atoms. The Bertz CT molecular complexity index is 542. The second kappa shape index (κ2) is 7.38. The predicted molar refractivity (Wildman–Crippen MR) is 80.8 cm³/mol. The zero-order chi connectivity index (χ0) is 16.1. The number of carbonyl (C=O) groups excluding carboxylic acids is 1. The molecule has 0 radical (unpaired) electrons. The minimum atomic E-state index is -0.974. The molecule has 1 saturated carbocycles. The van der Waals surface area contributed by atoms with E-state index in [-0.39, 0.29) is 17.6 Å². The van der Waals surface area contributed by atoms with E-state index in [2.05, 4.69) is 5.32 Å². The van der Waals surface area contributed by atoms with Crippen molar-refractivity contribution in [3.63, 3.8) is 0 Å². The third-order valence-corrected chi connectivity index (χ3v) is 4.08. The van der Waals surface area contributed by atoms with Crippen molar-refractivity contribution in [2.24, 2.45) is 11.8 Å². The smallest absolute Gasteiger partial charge is 0.326 e. The molecule has 2 atom stereocenters. The van der Waals surface area contributed by atoms with E-state index in [0.717, 1.165) is 18.4 Å². The predicted octanol–water partition coefficient (Wildman–Crippen LogP) is 2.76. The Balaban J connectivity index is 1.81. The number of rotatable bonds is 8. The van der Waals surface area contributed by atoms with Crippen LogP contribution in [0.4, 0.5) is 4.39 Å². The molecular weight excluding hydrogens is 285 g/mol. The highest BCUT2D eigenvalue weighted by Crippen LogP contribution is 2.33. The van der Waals surface area contributed by atoms with Gasteiger partial charge in [-0.3, -0.25) is 4.79 Å². The van der Waals surface area contributed by atoms with Crippen molar-refractivity contribution >= 4 is 11.9 Å². The van der Waals surface area contributed by atoms with Crippen LogP contribution in [0.15, 0.2) is 24.3 Å². The Labute approximate surface area is 129 Å². The van der Waals surface area contributed by atoms with Crippen LogP contribution in [0, 0.1) is 17.7 Å². The van der Waals surface area contributed by atoms with Gasteiger partial charge >= 0.3 is 5.97 Å². The zero-order valence-electron chi connectivity index (χ0n) is 12.7. The van der Waals surface area contributed by atoms with E-state index >= 15 is 0 Å². The van der Waals surface area contributed by atoms with Crippen LogP contribution in [-0.4, -0.2) is 23.0 Å². The van der Waals surface area contributed by atoms with E-state index in [0.29, 0.717) is 25.2 Å². The minimum absolute atomic E-state index is 0.246. The van der Waals surface area contributed by atoms with Crippen molar-refractivity contribution in [2.45, 2.75) is 45.1 Å². The average Bonchev–Trinajstić information content (AvgIpc) is 3.28. The summed E-state index contributed by atoms with van der Waals surface area (Å²) in [5.41, 5.74) is 0.840. The van der Waals surface area contributed by atoms with E-state index in [1.807, 2.05) is 6.07 Å². The molecule has 0 bridgehead atoms. The lowest BCUT2D eigenvalue weighted by Gasteiger charge is -2.17. The molecule has 1 fully saturated rings. The summed E-state index contributed by atoms with van der Waals surface area (Å²) in [4.78, 5) is 23.3. The highest BCUT2D eigenvalue weighted by atomic mass is 19.1. The van der Waals surface area contributed by atoms with Gasteiger partial charge in [0.1, 0.15) is 11.9 Å². The number of halogens is 1. The highest BCUT2D eigenvalue weighted by molar-refractivity contribution is 5.84. The molecule has 1 aromatic rings. The van der Waals surface area contributed by atoms with Crippen LogP contribution in [0.25, 0.3) is 0 Å². The Morgan fingerprint density at radius 1 is 1.41 bits per heavy atom. The summed E-state index contributed by atoms with van der Waals surface area (Å²) >= 11 is 0. The van der Waals surface area contributed by atoms with Gasteiger partial charge in [-0.15, -0.1) is 0 Å². The SMILES string of the molecule is CC(CCc1cccc(F)c1)C(=O)NC(CC1CC1)C(=O)O. The summed E-state index contributed by atoms with van der Waals surface area (Å²) in [6.45, 7) is 1.77. The number of hydrogen-bond donors (Lipinski definition) is 2. The summed E-state index contributed by atoms with van der Waals surface area (Å²) in [6.07, 6.45) is 3.76. The molecule has 1 aliphatic rings. The fraction of sp³-hybridized carbons (Fsp3) is 0.529. The molecule has 0 spiro atoms. The van der Waals surface area contributed by atoms with Crippen molar-refractivity contribution in [1.82, 2.24) is 5.32 Å². The number of nitrogens with one attached hydrogen (secondary N) is 1. The number of aliphatic carboxylic acids is 1. The van der Waals surface area contributed by atoms with Gasteiger partial charge in [0.15, 0.2) is 0 Å². The average molecular weight is 307 g/mol. The van der Waals surface area contributed by atoms with Crippen LogP contribution in [0.1, 0.15) is 38.2 Å². The van der Waals surface area contributed by atoms with Gasteiger partial charge in [-0.25, -0.2) is 9.18 Å². The lowest BCUT2D eigenvalue weighted by Crippen LogP contribution is -2.43. The van der Waals surface area contributed by atoms with Gasteiger partial charge in [0.05, 0.1) is 0 Å². The summed E-state index contributed by atoms with van der Waals surface area (Å²) in [6, 6.07) is 5.51. The molecule has 1 aliphatic carbocycles. The molecule has 0 aromatic heterocycles. The monoisotopic (exact) mass is 307 g/mol. The van der Waals surface area contributed by atoms with Gasteiger partial charge < -0.3 is 10.4 Å². The van der Waals surface area contributed by atoms with Crippen LogP contribution in [0.5, 0.6) is 0 Å². The Morgan fingerprint density at radius 2 is 2.14 bits per heavy atom. The highest BCUT2D eigenvalue weighted by Gasteiger charge is 2.30. The van der Waals surface area contributed by atoms with E-state index in [1.165, 1.54) is 12.1 Å². The van der Waals surface area contributed by atoms with Crippen molar-refractivity contribution in [1.29, 1.82) is 0 Å². The molecule has 2 unspecified atom stereocenters. The molecule has 120 valence electrons. The van der Waals surface area contributed by atoms with Crippen molar-refractivity contribution in [3.8, 4) is 0 Å². The maximum atomic E-state index is 13.1. The largest absolute Gasteiger partial charge is 0.480 e. The number of benzene rings is 1. The Hall–Kier alpha value is -1.91. The van der Waals surface area contributed by atoms with Crippen molar-refractivity contribution in [2.75, 3.05) is 0 Å². The molecule has 0 heterocycles.